The number of carbonyl (C=O) groups excluding carboxylic acids is 2. The first-order valence-corrected chi connectivity index (χ1v) is 17.2. The van der Waals surface area contributed by atoms with E-state index in [1.54, 1.807) is 25.2 Å². The van der Waals surface area contributed by atoms with E-state index in [-0.39, 0.29) is 34.7 Å². The van der Waals surface area contributed by atoms with Gasteiger partial charge in [0, 0.05) is 39.0 Å². The number of amides is 1. The molecule has 3 saturated carbocycles. The Hall–Kier alpha value is -3.72. The van der Waals surface area contributed by atoms with Crippen LogP contribution in [0.5, 0.6) is 11.5 Å². The highest BCUT2D eigenvalue weighted by Gasteiger charge is 2.76. The van der Waals surface area contributed by atoms with Crippen LogP contribution < -0.4 is 9.47 Å². The summed E-state index contributed by atoms with van der Waals surface area (Å²) in [7, 11) is 3.19. The molecule has 4 fully saturated rings. The molecule has 8 atom stereocenters. The molecule has 1 amide bonds. The SMILES string of the molecule is COc1ccc(CN2C[C@@]3(CC[C@H]4[C@]56C=C[C@@]7(C=C5C(=O)c5ccc(F)c(F)c5)C[C@@H](O)CC[C@]7(C)[C@H]6CC[C@@]43C)OC2=O)c(OC)c1. The lowest BCUT2D eigenvalue weighted by Gasteiger charge is -2.71. The Morgan fingerprint density at radius 1 is 0.958 bits per heavy atom. The molecule has 9 heteroatoms. The van der Waals surface area contributed by atoms with Crippen molar-refractivity contribution in [1.82, 2.24) is 4.90 Å². The van der Waals surface area contributed by atoms with Gasteiger partial charge in [0.25, 0.3) is 0 Å². The highest BCUT2D eigenvalue weighted by Crippen LogP contribution is 2.79. The van der Waals surface area contributed by atoms with Crippen LogP contribution in [0, 0.1) is 45.1 Å². The minimum Gasteiger partial charge on any atom is -0.497 e. The predicted molar refractivity (Wildman–Crippen MR) is 173 cm³/mol. The van der Waals surface area contributed by atoms with Crippen molar-refractivity contribution in [3.05, 3.63) is 83.0 Å². The lowest BCUT2D eigenvalue weighted by atomic mass is 9.32. The van der Waals surface area contributed by atoms with Crippen molar-refractivity contribution in [3.63, 3.8) is 0 Å². The summed E-state index contributed by atoms with van der Waals surface area (Å²) < 4.78 is 46.0. The van der Waals surface area contributed by atoms with Crippen LogP contribution in [-0.2, 0) is 11.3 Å². The monoisotopic (exact) mass is 659 g/mol. The van der Waals surface area contributed by atoms with Crippen molar-refractivity contribution in [1.29, 1.82) is 0 Å². The number of halogens is 2. The number of carbonyl (C=O) groups is 2. The second-order valence-corrected chi connectivity index (χ2v) is 15.6. The van der Waals surface area contributed by atoms with Crippen LogP contribution in [0.1, 0.15) is 74.7 Å². The molecule has 1 N–H and O–H groups in total. The Labute approximate surface area is 279 Å². The number of Topliss-reactive ketones (excluding diaryl/α,β-unsaturated/α-hetero) is 1. The van der Waals surface area contributed by atoms with Crippen LogP contribution in [0.2, 0.25) is 0 Å². The van der Waals surface area contributed by atoms with Gasteiger partial charge >= 0.3 is 6.09 Å². The summed E-state index contributed by atoms with van der Waals surface area (Å²) in [5.41, 5.74) is -1.03. The van der Waals surface area contributed by atoms with E-state index in [0.717, 1.165) is 43.4 Å². The van der Waals surface area contributed by atoms with Gasteiger partial charge in [0.15, 0.2) is 17.4 Å². The number of benzene rings is 2. The summed E-state index contributed by atoms with van der Waals surface area (Å²) in [5, 5.41) is 10.9. The van der Waals surface area contributed by atoms with E-state index in [4.69, 9.17) is 14.2 Å². The van der Waals surface area contributed by atoms with Crippen LogP contribution in [-0.4, -0.2) is 54.4 Å². The second kappa shape index (κ2) is 10.4. The zero-order valence-corrected chi connectivity index (χ0v) is 28.0. The molecule has 2 aromatic rings. The average Bonchev–Trinajstić information content (AvgIpc) is 3.55. The normalized spacial score (nSPS) is 39.1. The molecule has 48 heavy (non-hydrogen) atoms. The fourth-order valence-corrected chi connectivity index (χ4v) is 11.5. The number of rotatable bonds is 6. The third-order valence-corrected chi connectivity index (χ3v) is 13.9. The summed E-state index contributed by atoms with van der Waals surface area (Å²) in [4.78, 5) is 30.0. The van der Waals surface area contributed by atoms with Crippen molar-refractivity contribution in [2.45, 2.75) is 77.0 Å². The summed E-state index contributed by atoms with van der Waals surface area (Å²) in [6.45, 7) is 5.30. The maximum Gasteiger partial charge on any atom is 0.410 e. The van der Waals surface area contributed by atoms with Gasteiger partial charge < -0.3 is 19.3 Å². The van der Waals surface area contributed by atoms with Crippen molar-refractivity contribution in [2.24, 2.45) is 33.5 Å². The number of ketones is 1. The first-order valence-electron chi connectivity index (χ1n) is 17.2. The van der Waals surface area contributed by atoms with Crippen molar-refractivity contribution in [2.75, 3.05) is 20.8 Å². The van der Waals surface area contributed by atoms with Crippen LogP contribution in [0.4, 0.5) is 13.6 Å². The zero-order chi connectivity index (χ0) is 33.9. The molecule has 254 valence electrons. The van der Waals surface area contributed by atoms with E-state index in [9.17, 15) is 23.5 Å². The van der Waals surface area contributed by atoms with Crippen LogP contribution in [0.3, 0.4) is 0 Å². The first-order chi connectivity index (χ1) is 22.8. The molecular formula is C39H43F2NO6. The van der Waals surface area contributed by atoms with Crippen molar-refractivity contribution in [3.8, 4) is 11.5 Å². The van der Waals surface area contributed by atoms with E-state index in [1.165, 1.54) is 6.07 Å². The number of hydrogen-bond acceptors (Lipinski definition) is 6. The second-order valence-electron chi connectivity index (χ2n) is 15.6. The minimum atomic E-state index is -1.05. The van der Waals surface area contributed by atoms with E-state index in [0.29, 0.717) is 49.4 Å². The zero-order valence-electron chi connectivity index (χ0n) is 28.0. The number of allylic oxidation sites excluding steroid dienone is 4. The number of aliphatic hydroxyl groups is 1. The lowest BCUT2D eigenvalue weighted by molar-refractivity contribution is -0.164. The maximum atomic E-state index is 14.6. The molecule has 2 aromatic carbocycles. The third kappa shape index (κ3) is 3.94. The van der Waals surface area contributed by atoms with Gasteiger partial charge in [0.05, 0.1) is 33.4 Å². The number of methoxy groups -OCH3 is 2. The topological polar surface area (TPSA) is 85.3 Å². The predicted octanol–water partition coefficient (Wildman–Crippen LogP) is 7.42. The molecule has 2 bridgehead atoms. The number of nitrogens with zero attached hydrogens (tertiary/aromatic N) is 1. The Kier molecular flexibility index (Phi) is 6.83. The molecule has 1 aliphatic heterocycles. The van der Waals surface area contributed by atoms with Crippen molar-refractivity contribution < 1.29 is 37.7 Å². The van der Waals surface area contributed by atoms with Crippen molar-refractivity contribution >= 4 is 11.9 Å². The standard InChI is InChI=1S/C39H43F2NO6/c1-35-12-9-25(43)19-37(35)15-16-39(27(20-37)33(44)23-6-8-28(40)29(41)17-23)31(35)10-13-36(2)32(39)11-14-38(36)22-42(34(45)48-38)21-24-5-7-26(46-3)18-30(24)47-4/h5-8,15-18,20,25,31-32,43H,9-14,19,21-22H2,1-4H3/t25-,31+,32+,35+,36-,37-,38+,39+/m0/s1. The molecule has 6 aliphatic carbocycles. The van der Waals surface area contributed by atoms with Crippen LogP contribution in [0.15, 0.2) is 60.2 Å². The first kappa shape index (κ1) is 31.5. The summed E-state index contributed by atoms with van der Waals surface area (Å²) >= 11 is 0. The van der Waals surface area contributed by atoms with Crippen LogP contribution in [0.25, 0.3) is 0 Å². The van der Waals surface area contributed by atoms with Gasteiger partial charge in [-0.25, -0.2) is 13.6 Å². The van der Waals surface area contributed by atoms with Gasteiger partial charge in [-0.15, -0.1) is 0 Å². The molecule has 9 rings (SSSR count). The molecule has 3 spiro atoms. The Bertz CT molecular complexity index is 1790. The quantitative estimate of drug-likeness (QED) is 0.257. The molecule has 0 unspecified atom stereocenters. The number of ether oxygens (including phenoxy) is 3. The Morgan fingerprint density at radius 2 is 1.71 bits per heavy atom. The maximum absolute atomic E-state index is 14.6. The van der Waals surface area contributed by atoms with Gasteiger partial charge in [0.2, 0.25) is 0 Å². The minimum absolute atomic E-state index is 0.0363. The van der Waals surface area contributed by atoms with Gasteiger partial charge in [-0.05, 0) is 92.5 Å². The van der Waals surface area contributed by atoms with E-state index >= 15 is 0 Å². The highest BCUT2D eigenvalue weighted by atomic mass is 19.2. The average molecular weight is 660 g/mol. The third-order valence-electron chi connectivity index (χ3n) is 13.9. The van der Waals surface area contributed by atoms with E-state index in [2.05, 4.69) is 32.1 Å². The van der Waals surface area contributed by atoms with E-state index in [1.807, 2.05) is 12.1 Å². The molecule has 0 aromatic heterocycles. The smallest absolute Gasteiger partial charge is 0.410 e. The Morgan fingerprint density at radius 3 is 2.46 bits per heavy atom. The van der Waals surface area contributed by atoms with Crippen LogP contribution >= 0.6 is 0 Å². The van der Waals surface area contributed by atoms with Gasteiger partial charge in [-0.2, -0.15) is 0 Å². The lowest BCUT2D eigenvalue weighted by Crippen LogP contribution is -2.67. The Balaban J connectivity index is 1.20. The highest BCUT2D eigenvalue weighted by molar-refractivity contribution is 6.10. The summed E-state index contributed by atoms with van der Waals surface area (Å²) in [5.74, 6) is -0.987. The largest absolute Gasteiger partial charge is 0.497 e. The molecule has 7 nitrogen and oxygen atoms in total. The van der Waals surface area contributed by atoms with Gasteiger partial charge in [0.1, 0.15) is 17.1 Å². The number of fused-ring (bicyclic) bond motifs is 2. The fraction of sp³-hybridized carbons (Fsp3) is 0.538. The molecule has 7 aliphatic rings. The molecule has 1 heterocycles. The molecule has 0 radical (unpaired) electrons. The summed E-state index contributed by atoms with van der Waals surface area (Å²) in [6, 6.07) is 8.95. The molecular weight excluding hydrogens is 616 g/mol. The van der Waals surface area contributed by atoms with Gasteiger partial charge in [-0.3, -0.25) is 9.69 Å². The fourth-order valence-electron chi connectivity index (χ4n) is 11.5. The number of hydrogen-bond donors (Lipinski definition) is 1. The molecule has 1 saturated heterocycles. The summed E-state index contributed by atoms with van der Waals surface area (Å²) in [6.07, 6.45) is 10.8. The van der Waals surface area contributed by atoms with Gasteiger partial charge in [-0.1, -0.05) is 32.1 Å². The van der Waals surface area contributed by atoms with E-state index < -0.39 is 39.6 Å². The number of aliphatic hydroxyl groups excluding tert-OH is 1.